The summed E-state index contributed by atoms with van der Waals surface area (Å²) in [7, 11) is 0. The lowest BCUT2D eigenvalue weighted by molar-refractivity contribution is -0.384. The molecule has 0 saturated carbocycles. The van der Waals surface area contributed by atoms with Crippen molar-refractivity contribution in [1.29, 1.82) is 0 Å². The number of fused-ring (bicyclic) bond motifs is 1. The van der Waals surface area contributed by atoms with Gasteiger partial charge < -0.3 is 0 Å². The van der Waals surface area contributed by atoms with E-state index >= 15 is 0 Å². The van der Waals surface area contributed by atoms with Crippen LogP contribution in [0.3, 0.4) is 0 Å². The predicted molar refractivity (Wildman–Crippen MR) is 82.2 cm³/mol. The van der Waals surface area contributed by atoms with Crippen LogP contribution in [-0.2, 0) is 19.4 Å². The number of nitrogens with zero attached hydrogens (tertiary/aromatic N) is 2. The summed E-state index contributed by atoms with van der Waals surface area (Å²) in [6.45, 7) is 2.92. The lowest BCUT2D eigenvalue weighted by Crippen LogP contribution is -2.25. The van der Waals surface area contributed by atoms with E-state index in [0.717, 1.165) is 38.0 Å². The molecule has 0 saturated heterocycles. The molecule has 3 rings (SSSR count). The maximum atomic E-state index is 10.7. The van der Waals surface area contributed by atoms with Gasteiger partial charge in [-0.25, -0.2) is 0 Å². The Kier molecular flexibility index (Phi) is 3.97. The van der Waals surface area contributed by atoms with Gasteiger partial charge in [-0.05, 0) is 29.5 Å². The molecule has 0 aliphatic carbocycles. The third-order valence-corrected chi connectivity index (χ3v) is 4.07. The second kappa shape index (κ2) is 6.06. The zero-order chi connectivity index (χ0) is 14.7. The Bertz CT molecular complexity index is 610. The SMILES string of the molecule is O=[N+]([O-])c1ccc(CN2CCc3ccccc3CC2)cc1. The third kappa shape index (κ3) is 3.28. The van der Waals surface area contributed by atoms with Crippen LogP contribution in [0.5, 0.6) is 0 Å². The van der Waals surface area contributed by atoms with Crippen molar-refractivity contribution in [3.63, 3.8) is 0 Å². The molecule has 0 bridgehead atoms. The Morgan fingerprint density at radius 3 is 2.05 bits per heavy atom. The minimum Gasteiger partial charge on any atom is -0.298 e. The van der Waals surface area contributed by atoms with Crippen molar-refractivity contribution in [2.45, 2.75) is 19.4 Å². The van der Waals surface area contributed by atoms with Gasteiger partial charge in [-0.3, -0.25) is 15.0 Å². The van der Waals surface area contributed by atoms with Gasteiger partial charge in [0.05, 0.1) is 4.92 Å². The first-order chi connectivity index (χ1) is 10.2. The van der Waals surface area contributed by atoms with E-state index in [2.05, 4.69) is 29.2 Å². The highest BCUT2D eigenvalue weighted by Gasteiger charge is 2.14. The average molecular weight is 282 g/mol. The monoisotopic (exact) mass is 282 g/mol. The first-order valence-corrected chi connectivity index (χ1v) is 7.25. The summed E-state index contributed by atoms with van der Waals surface area (Å²) in [4.78, 5) is 12.7. The van der Waals surface area contributed by atoms with Gasteiger partial charge in [0.25, 0.3) is 5.69 Å². The Labute approximate surface area is 124 Å². The van der Waals surface area contributed by atoms with Crippen LogP contribution in [0.25, 0.3) is 0 Å². The number of non-ortho nitro benzene ring substituents is 1. The number of nitro benzene ring substituents is 1. The molecule has 0 fully saturated rings. The van der Waals surface area contributed by atoms with Crippen LogP contribution in [0.4, 0.5) is 5.69 Å². The van der Waals surface area contributed by atoms with Crippen molar-refractivity contribution in [2.75, 3.05) is 13.1 Å². The molecule has 0 amide bonds. The van der Waals surface area contributed by atoms with Gasteiger partial charge in [-0.2, -0.15) is 0 Å². The Hall–Kier alpha value is -2.20. The number of nitro groups is 1. The lowest BCUT2D eigenvalue weighted by atomic mass is 10.0. The van der Waals surface area contributed by atoms with E-state index < -0.39 is 0 Å². The Morgan fingerprint density at radius 2 is 1.52 bits per heavy atom. The van der Waals surface area contributed by atoms with Gasteiger partial charge in [0.1, 0.15) is 0 Å². The van der Waals surface area contributed by atoms with Crippen LogP contribution < -0.4 is 0 Å². The van der Waals surface area contributed by atoms with Crippen molar-refractivity contribution in [2.24, 2.45) is 0 Å². The van der Waals surface area contributed by atoms with Crippen LogP contribution in [0.2, 0.25) is 0 Å². The van der Waals surface area contributed by atoms with E-state index in [4.69, 9.17) is 0 Å². The molecule has 0 spiro atoms. The maximum absolute atomic E-state index is 10.7. The van der Waals surface area contributed by atoms with Gasteiger partial charge in [0.15, 0.2) is 0 Å². The topological polar surface area (TPSA) is 46.4 Å². The minimum atomic E-state index is -0.355. The largest absolute Gasteiger partial charge is 0.298 e. The first kappa shape index (κ1) is 13.8. The molecular weight excluding hydrogens is 264 g/mol. The minimum absolute atomic E-state index is 0.155. The van der Waals surface area contributed by atoms with Gasteiger partial charge in [-0.1, -0.05) is 36.4 Å². The summed E-state index contributed by atoms with van der Waals surface area (Å²) in [6.07, 6.45) is 2.15. The van der Waals surface area contributed by atoms with E-state index in [1.54, 1.807) is 12.1 Å². The molecule has 4 nitrogen and oxygen atoms in total. The zero-order valence-corrected chi connectivity index (χ0v) is 11.9. The Balaban J connectivity index is 1.65. The van der Waals surface area contributed by atoms with Crippen LogP contribution in [0.15, 0.2) is 48.5 Å². The molecule has 1 heterocycles. The molecule has 2 aromatic carbocycles. The molecule has 2 aromatic rings. The molecule has 1 aliphatic heterocycles. The number of rotatable bonds is 3. The quantitative estimate of drug-likeness (QED) is 0.641. The van der Waals surface area contributed by atoms with E-state index in [9.17, 15) is 10.1 Å². The summed E-state index contributed by atoms with van der Waals surface area (Å²) in [6, 6.07) is 15.5. The van der Waals surface area contributed by atoms with Crippen LogP contribution in [0.1, 0.15) is 16.7 Å². The molecule has 0 unspecified atom stereocenters. The van der Waals surface area contributed by atoms with Crippen molar-refractivity contribution < 1.29 is 4.92 Å². The van der Waals surface area contributed by atoms with Gasteiger partial charge in [0, 0.05) is 31.8 Å². The average Bonchev–Trinajstić information content (AvgIpc) is 2.71. The fourth-order valence-corrected chi connectivity index (χ4v) is 2.85. The maximum Gasteiger partial charge on any atom is 0.269 e. The fourth-order valence-electron chi connectivity index (χ4n) is 2.85. The van der Waals surface area contributed by atoms with E-state index in [1.807, 2.05) is 12.1 Å². The predicted octanol–water partition coefficient (Wildman–Crippen LogP) is 3.20. The van der Waals surface area contributed by atoms with Crippen molar-refractivity contribution in [1.82, 2.24) is 4.90 Å². The lowest BCUT2D eigenvalue weighted by Gasteiger charge is -2.19. The van der Waals surface area contributed by atoms with Crippen LogP contribution >= 0.6 is 0 Å². The molecule has 1 aliphatic rings. The summed E-state index contributed by atoms with van der Waals surface area (Å²) in [5, 5.41) is 10.7. The second-order valence-electron chi connectivity index (χ2n) is 5.47. The van der Waals surface area contributed by atoms with E-state index in [0.29, 0.717) is 0 Å². The Morgan fingerprint density at radius 1 is 0.952 bits per heavy atom. The summed E-state index contributed by atoms with van der Waals surface area (Å²) in [5.41, 5.74) is 4.18. The van der Waals surface area contributed by atoms with Crippen molar-refractivity contribution in [3.8, 4) is 0 Å². The van der Waals surface area contributed by atoms with Crippen LogP contribution in [0, 0.1) is 10.1 Å². The number of benzene rings is 2. The summed E-state index contributed by atoms with van der Waals surface area (Å²) < 4.78 is 0. The fraction of sp³-hybridized carbons (Fsp3) is 0.294. The van der Waals surface area contributed by atoms with E-state index in [-0.39, 0.29) is 10.6 Å². The standard InChI is InChI=1S/C17H18N2O2/c20-19(21)17-7-5-14(6-8-17)13-18-11-9-15-3-1-2-4-16(15)10-12-18/h1-8H,9-13H2. The molecule has 4 heteroatoms. The van der Waals surface area contributed by atoms with E-state index in [1.165, 1.54) is 11.1 Å². The second-order valence-corrected chi connectivity index (χ2v) is 5.47. The number of hydrogen-bond acceptors (Lipinski definition) is 3. The molecular formula is C17H18N2O2. The van der Waals surface area contributed by atoms with Crippen molar-refractivity contribution in [3.05, 3.63) is 75.3 Å². The van der Waals surface area contributed by atoms with Gasteiger partial charge >= 0.3 is 0 Å². The summed E-state index contributed by atoms with van der Waals surface area (Å²) >= 11 is 0. The summed E-state index contributed by atoms with van der Waals surface area (Å²) in [5.74, 6) is 0. The molecule has 108 valence electrons. The molecule has 0 aromatic heterocycles. The first-order valence-electron chi connectivity index (χ1n) is 7.25. The molecule has 0 N–H and O–H groups in total. The van der Waals surface area contributed by atoms with Gasteiger partial charge in [0.2, 0.25) is 0 Å². The third-order valence-electron chi connectivity index (χ3n) is 4.07. The number of hydrogen-bond donors (Lipinski definition) is 0. The highest BCUT2D eigenvalue weighted by Crippen LogP contribution is 2.18. The van der Waals surface area contributed by atoms with Crippen LogP contribution in [-0.4, -0.2) is 22.9 Å². The zero-order valence-electron chi connectivity index (χ0n) is 11.9. The smallest absolute Gasteiger partial charge is 0.269 e. The molecule has 0 atom stereocenters. The van der Waals surface area contributed by atoms with Gasteiger partial charge in [-0.15, -0.1) is 0 Å². The molecule has 0 radical (unpaired) electrons. The van der Waals surface area contributed by atoms with Crippen molar-refractivity contribution >= 4 is 5.69 Å². The highest BCUT2D eigenvalue weighted by molar-refractivity contribution is 5.33. The molecule has 21 heavy (non-hydrogen) atoms. The highest BCUT2D eigenvalue weighted by atomic mass is 16.6. The normalized spacial score (nSPS) is 15.2.